The first kappa shape index (κ1) is 11.5. The highest BCUT2D eigenvalue weighted by atomic mass is 35.5. The van der Waals surface area contributed by atoms with E-state index in [0.29, 0.717) is 5.02 Å². The van der Waals surface area contributed by atoms with Crippen molar-refractivity contribution in [3.8, 4) is 0 Å². The Morgan fingerprint density at radius 1 is 1.35 bits per heavy atom. The Morgan fingerprint density at radius 2 is 2.18 bits per heavy atom. The van der Waals surface area contributed by atoms with Gasteiger partial charge >= 0.3 is 0 Å². The highest BCUT2D eigenvalue weighted by Gasteiger charge is 2.42. The summed E-state index contributed by atoms with van der Waals surface area (Å²) in [6, 6.07) is 0. The average molecular weight is 274 g/mol. The topological polar surface area (TPSA) is 38.2 Å². The molecular formula is C11H13Cl2N3O. The van der Waals surface area contributed by atoms with Crippen LogP contribution in [0.2, 0.25) is 10.3 Å². The molecule has 0 N–H and O–H groups in total. The Hall–Kier alpha value is -0.580. The van der Waals surface area contributed by atoms with Gasteiger partial charge in [0.15, 0.2) is 5.82 Å². The molecule has 1 spiro atoms. The average Bonchev–Trinajstić information content (AvgIpc) is 2.30. The number of nitrogens with zero attached hydrogens (tertiary/aromatic N) is 3. The van der Waals surface area contributed by atoms with E-state index >= 15 is 0 Å². The van der Waals surface area contributed by atoms with E-state index < -0.39 is 0 Å². The van der Waals surface area contributed by atoms with E-state index in [0.717, 1.165) is 38.4 Å². The van der Waals surface area contributed by atoms with Crippen molar-refractivity contribution >= 4 is 29.0 Å². The summed E-state index contributed by atoms with van der Waals surface area (Å²) >= 11 is 11.9. The Bertz CT molecular complexity index is 437. The van der Waals surface area contributed by atoms with Crippen LogP contribution in [0.25, 0.3) is 0 Å². The summed E-state index contributed by atoms with van der Waals surface area (Å²) < 4.78 is 5.86. The molecule has 1 saturated carbocycles. The fourth-order valence-corrected chi connectivity index (χ4v) is 2.80. The maximum atomic E-state index is 6.12. The van der Waals surface area contributed by atoms with Crippen molar-refractivity contribution in [2.24, 2.45) is 0 Å². The van der Waals surface area contributed by atoms with Crippen molar-refractivity contribution in [3.05, 3.63) is 16.5 Å². The van der Waals surface area contributed by atoms with Crippen LogP contribution in [0, 0.1) is 0 Å². The van der Waals surface area contributed by atoms with Crippen molar-refractivity contribution in [3.63, 3.8) is 0 Å². The quantitative estimate of drug-likeness (QED) is 0.738. The Labute approximate surface area is 110 Å². The van der Waals surface area contributed by atoms with Gasteiger partial charge in [0, 0.05) is 13.1 Å². The molecule has 1 aromatic heterocycles. The van der Waals surface area contributed by atoms with Crippen LogP contribution in [0.3, 0.4) is 0 Å². The molecule has 2 heterocycles. The van der Waals surface area contributed by atoms with E-state index in [9.17, 15) is 0 Å². The van der Waals surface area contributed by atoms with Gasteiger partial charge in [0.25, 0.3) is 0 Å². The summed E-state index contributed by atoms with van der Waals surface area (Å²) in [5.41, 5.74) is 0.0268. The minimum atomic E-state index is 0.0268. The predicted molar refractivity (Wildman–Crippen MR) is 66.8 cm³/mol. The summed E-state index contributed by atoms with van der Waals surface area (Å²) in [5.74, 6) is 0.723. The van der Waals surface area contributed by atoms with Crippen LogP contribution in [0.15, 0.2) is 6.20 Å². The summed E-state index contributed by atoms with van der Waals surface area (Å²) in [6.45, 7) is 2.37. The monoisotopic (exact) mass is 273 g/mol. The van der Waals surface area contributed by atoms with Crippen LogP contribution in [-0.4, -0.2) is 35.3 Å². The van der Waals surface area contributed by atoms with Crippen molar-refractivity contribution in [1.29, 1.82) is 0 Å². The molecule has 2 aliphatic rings. The molecule has 0 bridgehead atoms. The fraction of sp³-hybridized carbons (Fsp3) is 0.636. The lowest BCUT2D eigenvalue weighted by molar-refractivity contribution is -0.106. The number of morpholine rings is 1. The Kier molecular flexibility index (Phi) is 2.89. The van der Waals surface area contributed by atoms with Gasteiger partial charge in [-0.2, -0.15) is 4.98 Å². The van der Waals surface area contributed by atoms with Crippen LogP contribution in [0.5, 0.6) is 0 Å². The molecule has 1 aliphatic heterocycles. The largest absolute Gasteiger partial charge is 0.371 e. The highest BCUT2D eigenvalue weighted by molar-refractivity contribution is 6.33. The number of aromatic nitrogens is 2. The van der Waals surface area contributed by atoms with Crippen LogP contribution in [-0.2, 0) is 4.74 Å². The molecule has 2 fully saturated rings. The molecule has 3 rings (SSSR count). The number of hydrogen-bond acceptors (Lipinski definition) is 4. The van der Waals surface area contributed by atoms with Gasteiger partial charge in [-0.3, -0.25) is 0 Å². The van der Waals surface area contributed by atoms with Crippen LogP contribution in [0.4, 0.5) is 5.82 Å². The molecule has 4 nitrogen and oxygen atoms in total. The normalized spacial score (nSPS) is 22.6. The smallest absolute Gasteiger partial charge is 0.224 e. The third kappa shape index (κ3) is 2.09. The van der Waals surface area contributed by atoms with Gasteiger partial charge in [-0.05, 0) is 30.9 Å². The van der Waals surface area contributed by atoms with Crippen LogP contribution < -0.4 is 4.90 Å². The third-order valence-corrected chi connectivity index (χ3v) is 3.96. The lowest BCUT2D eigenvalue weighted by atomic mass is 9.79. The fourth-order valence-electron chi connectivity index (χ4n) is 2.46. The second-order valence-corrected chi connectivity index (χ2v) is 5.36. The first-order valence-corrected chi connectivity index (χ1v) is 6.51. The number of hydrogen-bond donors (Lipinski definition) is 0. The Balaban J connectivity index is 1.85. The zero-order chi connectivity index (χ0) is 11.9. The van der Waals surface area contributed by atoms with Crippen molar-refractivity contribution in [2.75, 3.05) is 24.6 Å². The van der Waals surface area contributed by atoms with E-state index in [4.69, 9.17) is 27.9 Å². The van der Waals surface area contributed by atoms with E-state index in [2.05, 4.69) is 14.9 Å². The second kappa shape index (κ2) is 4.26. The van der Waals surface area contributed by atoms with Crippen molar-refractivity contribution in [2.45, 2.75) is 24.9 Å². The van der Waals surface area contributed by atoms with Gasteiger partial charge in [-0.25, -0.2) is 4.98 Å². The van der Waals surface area contributed by atoms with Crippen LogP contribution >= 0.6 is 23.2 Å². The number of halogens is 2. The molecule has 6 heteroatoms. The maximum absolute atomic E-state index is 6.12. The number of anilines is 1. The van der Waals surface area contributed by atoms with Gasteiger partial charge in [0.05, 0.1) is 18.4 Å². The molecule has 0 radical (unpaired) electrons. The van der Waals surface area contributed by atoms with E-state index in [1.165, 1.54) is 6.42 Å². The first-order valence-electron chi connectivity index (χ1n) is 5.76. The minimum absolute atomic E-state index is 0.0268. The summed E-state index contributed by atoms with van der Waals surface area (Å²) in [7, 11) is 0. The van der Waals surface area contributed by atoms with E-state index in [1.54, 1.807) is 6.20 Å². The summed E-state index contributed by atoms with van der Waals surface area (Å²) in [5, 5.41) is 0.782. The molecule has 1 saturated heterocycles. The zero-order valence-electron chi connectivity index (χ0n) is 9.33. The van der Waals surface area contributed by atoms with Gasteiger partial charge in [0.1, 0.15) is 5.02 Å². The summed E-state index contributed by atoms with van der Waals surface area (Å²) in [4.78, 5) is 10.2. The van der Waals surface area contributed by atoms with Gasteiger partial charge in [-0.1, -0.05) is 11.6 Å². The van der Waals surface area contributed by atoms with Gasteiger partial charge in [-0.15, -0.1) is 0 Å². The lowest BCUT2D eigenvalue weighted by Gasteiger charge is -2.48. The van der Waals surface area contributed by atoms with Crippen LogP contribution in [0.1, 0.15) is 19.3 Å². The third-order valence-electron chi connectivity index (χ3n) is 3.51. The Morgan fingerprint density at radius 3 is 2.88 bits per heavy atom. The van der Waals surface area contributed by atoms with Gasteiger partial charge in [0.2, 0.25) is 5.28 Å². The molecule has 1 aliphatic carbocycles. The molecule has 0 atom stereocenters. The minimum Gasteiger partial charge on any atom is -0.371 e. The predicted octanol–water partition coefficient (Wildman–Crippen LogP) is 2.54. The van der Waals surface area contributed by atoms with Crippen molar-refractivity contribution in [1.82, 2.24) is 9.97 Å². The van der Waals surface area contributed by atoms with E-state index in [1.807, 2.05) is 0 Å². The molecule has 17 heavy (non-hydrogen) atoms. The molecule has 1 aromatic rings. The first-order chi connectivity index (χ1) is 8.19. The number of rotatable bonds is 1. The molecule has 0 aromatic carbocycles. The SMILES string of the molecule is Clc1ncc(Cl)c(N2CCOC3(CCC3)C2)n1. The molecular weight excluding hydrogens is 261 g/mol. The van der Waals surface area contributed by atoms with Crippen molar-refractivity contribution < 1.29 is 4.74 Å². The highest BCUT2D eigenvalue weighted by Crippen LogP contribution is 2.39. The van der Waals surface area contributed by atoms with E-state index in [-0.39, 0.29) is 10.9 Å². The molecule has 0 unspecified atom stereocenters. The maximum Gasteiger partial charge on any atom is 0.224 e. The number of ether oxygens (including phenoxy) is 1. The second-order valence-electron chi connectivity index (χ2n) is 4.62. The lowest BCUT2D eigenvalue weighted by Crippen LogP contribution is -2.56. The summed E-state index contributed by atoms with van der Waals surface area (Å²) in [6.07, 6.45) is 5.04. The zero-order valence-corrected chi connectivity index (χ0v) is 10.8. The molecule has 0 amide bonds. The standard InChI is InChI=1S/C11H13Cl2N3O/c12-8-6-14-10(13)15-9(8)16-4-5-17-11(7-16)2-1-3-11/h6H,1-5,7H2. The molecule has 92 valence electrons. The van der Waals surface area contributed by atoms with Gasteiger partial charge < -0.3 is 9.64 Å².